The van der Waals surface area contributed by atoms with E-state index in [1.165, 1.54) is 4.90 Å². The number of hydrogen-bond donors (Lipinski definition) is 1. The molecule has 0 aromatic heterocycles. The van der Waals surface area contributed by atoms with Crippen molar-refractivity contribution in [3.63, 3.8) is 0 Å². The first kappa shape index (κ1) is 13.9. The van der Waals surface area contributed by atoms with Crippen LogP contribution < -0.4 is 0 Å². The van der Waals surface area contributed by atoms with Crippen LogP contribution in [0.4, 0.5) is 0 Å². The van der Waals surface area contributed by atoms with E-state index >= 15 is 0 Å². The van der Waals surface area contributed by atoms with E-state index in [1.54, 1.807) is 7.05 Å². The van der Waals surface area contributed by atoms with Crippen molar-refractivity contribution >= 4 is 11.9 Å². The Balaban J connectivity index is 3.93. The predicted molar refractivity (Wildman–Crippen MR) is 58.5 cm³/mol. The Kier molecular flexibility index (Phi) is 5.97. The van der Waals surface area contributed by atoms with Gasteiger partial charge in [0.2, 0.25) is 5.91 Å². The van der Waals surface area contributed by atoms with Crippen LogP contribution in [0.3, 0.4) is 0 Å². The minimum atomic E-state index is -0.869. The fraction of sp³-hybridized carbons (Fsp3) is 0.818. The maximum absolute atomic E-state index is 11.6. The summed E-state index contributed by atoms with van der Waals surface area (Å²) in [6, 6.07) is 0. The first-order valence-electron chi connectivity index (χ1n) is 5.30. The molecular formula is C11H21NO3. The number of carboxylic acid groups (broad SMARTS) is 1. The molecule has 0 aliphatic carbocycles. The van der Waals surface area contributed by atoms with Crippen LogP contribution in [-0.2, 0) is 9.59 Å². The molecule has 0 aliphatic rings. The summed E-state index contributed by atoms with van der Waals surface area (Å²) in [6.07, 6.45) is 0.506. The largest absolute Gasteiger partial charge is 0.481 e. The Morgan fingerprint density at radius 3 is 2.20 bits per heavy atom. The maximum atomic E-state index is 11.6. The van der Waals surface area contributed by atoms with Crippen LogP contribution in [0.5, 0.6) is 0 Å². The summed E-state index contributed by atoms with van der Waals surface area (Å²) in [4.78, 5) is 23.4. The van der Waals surface area contributed by atoms with Gasteiger partial charge < -0.3 is 10.0 Å². The molecule has 4 heteroatoms. The molecule has 0 aliphatic heterocycles. The standard InChI is InChI=1S/C11H21NO3/c1-8(2)9(3)7-10(13)12(4)6-5-11(14)15/h8-9H,5-7H2,1-4H3,(H,14,15). The smallest absolute Gasteiger partial charge is 0.305 e. The monoisotopic (exact) mass is 215 g/mol. The Morgan fingerprint density at radius 1 is 1.27 bits per heavy atom. The number of carbonyl (C=O) groups excluding carboxylic acids is 1. The van der Waals surface area contributed by atoms with E-state index in [1.807, 2.05) is 6.92 Å². The number of rotatable bonds is 6. The van der Waals surface area contributed by atoms with E-state index in [9.17, 15) is 9.59 Å². The van der Waals surface area contributed by atoms with Gasteiger partial charge in [-0.25, -0.2) is 0 Å². The van der Waals surface area contributed by atoms with Crippen LogP contribution in [0.2, 0.25) is 0 Å². The van der Waals surface area contributed by atoms with Crippen LogP contribution in [0.1, 0.15) is 33.6 Å². The van der Waals surface area contributed by atoms with Crippen LogP contribution >= 0.6 is 0 Å². The van der Waals surface area contributed by atoms with Crippen molar-refractivity contribution in [1.82, 2.24) is 4.90 Å². The Morgan fingerprint density at radius 2 is 1.80 bits per heavy atom. The van der Waals surface area contributed by atoms with Gasteiger partial charge in [-0.15, -0.1) is 0 Å². The quantitative estimate of drug-likeness (QED) is 0.732. The van der Waals surface area contributed by atoms with Crippen LogP contribution in [0.25, 0.3) is 0 Å². The second-order valence-electron chi connectivity index (χ2n) is 4.38. The topological polar surface area (TPSA) is 57.6 Å². The summed E-state index contributed by atoms with van der Waals surface area (Å²) in [5.74, 6) is -0.0318. The Hall–Kier alpha value is -1.06. The molecule has 1 N–H and O–H groups in total. The highest BCUT2D eigenvalue weighted by molar-refractivity contribution is 5.77. The van der Waals surface area contributed by atoms with Crippen molar-refractivity contribution in [2.45, 2.75) is 33.6 Å². The van der Waals surface area contributed by atoms with E-state index in [0.29, 0.717) is 24.8 Å². The number of hydrogen-bond acceptors (Lipinski definition) is 2. The molecule has 0 fully saturated rings. The predicted octanol–water partition coefficient (Wildman–Crippen LogP) is 1.60. The molecule has 0 saturated carbocycles. The minimum absolute atomic E-state index is 0.0122. The minimum Gasteiger partial charge on any atom is -0.481 e. The summed E-state index contributed by atoms with van der Waals surface area (Å²) < 4.78 is 0. The van der Waals surface area contributed by atoms with Gasteiger partial charge >= 0.3 is 5.97 Å². The van der Waals surface area contributed by atoms with E-state index in [2.05, 4.69) is 13.8 Å². The second-order valence-corrected chi connectivity index (χ2v) is 4.38. The fourth-order valence-corrected chi connectivity index (χ4v) is 1.06. The van der Waals surface area contributed by atoms with Crippen molar-refractivity contribution in [2.75, 3.05) is 13.6 Å². The first-order valence-corrected chi connectivity index (χ1v) is 5.30. The van der Waals surface area contributed by atoms with E-state index in [0.717, 1.165) is 0 Å². The van der Waals surface area contributed by atoms with Gasteiger partial charge in [0.15, 0.2) is 0 Å². The number of carboxylic acids is 1. The molecule has 0 bridgehead atoms. The summed E-state index contributed by atoms with van der Waals surface area (Å²) in [5.41, 5.74) is 0. The third-order valence-electron chi connectivity index (χ3n) is 2.72. The first-order chi connectivity index (χ1) is 6.84. The molecule has 0 rings (SSSR count). The molecule has 1 atom stereocenters. The average Bonchev–Trinajstić information content (AvgIpc) is 2.13. The lowest BCUT2D eigenvalue weighted by molar-refractivity contribution is -0.138. The molecule has 88 valence electrons. The van der Waals surface area contributed by atoms with Crippen molar-refractivity contribution < 1.29 is 14.7 Å². The zero-order valence-electron chi connectivity index (χ0n) is 9.99. The highest BCUT2D eigenvalue weighted by Crippen LogP contribution is 2.14. The highest BCUT2D eigenvalue weighted by atomic mass is 16.4. The van der Waals surface area contributed by atoms with Crippen LogP contribution in [0.15, 0.2) is 0 Å². The molecule has 15 heavy (non-hydrogen) atoms. The molecule has 1 unspecified atom stereocenters. The lowest BCUT2D eigenvalue weighted by Gasteiger charge is -2.20. The molecule has 0 aromatic rings. The SMILES string of the molecule is CC(C)C(C)CC(=O)N(C)CCC(=O)O. The molecular weight excluding hydrogens is 194 g/mol. The van der Waals surface area contributed by atoms with Crippen molar-refractivity contribution in [3.8, 4) is 0 Å². The summed E-state index contributed by atoms with van der Waals surface area (Å²) in [5, 5.41) is 8.48. The third-order valence-corrected chi connectivity index (χ3v) is 2.72. The summed E-state index contributed by atoms with van der Waals surface area (Å²) in [7, 11) is 1.65. The van der Waals surface area contributed by atoms with Gasteiger partial charge in [0, 0.05) is 20.0 Å². The molecule has 0 heterocycles. The number of aliphatic carboxylic acids is 1. The lowest BCUT2D eigenvalue weighted by atomic mass is 9.94. The summed E-state index contributed by atoms with van der Waals surface area (Å²) >= 11 is 0. The lowest BCUT2D eigenvalue weighted by Crippen LogP contribution is -2.30. The van der Waals surface area contributed by atoms with E-state index < -0.39 is 5.97 Å². The molecule has 4 nitrogen and oxygen atoms in total. The van der Waals surface area contributed by atoms with Crippen molar-refractivity contribution in [1.29, 1.82) is 0 Å². The molecule has 0 spiro atoms. The summed E-state index contributed by atoms with van der Waals surface area (Å²) in [6.45, 7) is 6.48. The van der Waals surface area contributed by atoms with Gasteiger partial charge in [-0.2, -0.15) is 0 Å². The van der Waals surface area contributed by atoms with Gasteiger partial charge in [0.05, 0.1) is 6.42 Å². The zero-order chi connectivity index (χ0) is 12.0. The Bertz CT molecular complexity index is 226. The van der Waals surface area contributed by atoms with Gasteiger partial charge in [-0.05, 0) is 11.8 Å². The molecule has 0 aromatic carbocycles. The van der Waals surface area contributed by atoms with Crippen LogP contribution in [-0.4, -0.2) is 35.5 Å². The highest BCUT2D eigenvalue weighted by Gasteiger charge is 2.16. The van der Waals surface area contributed by atoms with Gasteiger partial charge in [0.25, 0.3) is 0 Å². The molecule has 1 amide bonds. The van der Waals surface area contributed by atoms with Crippen molar-refractivity contribution in [3.05, 3.63) is 0 Å². The molecule has 0 radical (unpaired) electrons. The maximum Gasteiger partial charge on any atom is 0.305 e. The number of carbonyl (C=O) groups is 2. The normalized spacial score (nSPS) is 12.6. The zero-order valence-corrected chi connectivity index (χ0v) is 9.99. The van der Waals surface area contributed by atoms with Gasteiger partial charge in [0.1, 0.15) is 0 Å². The van der Waals surface area contributed by atoms with E-state index in [-0.39, 0.29) is 12.3 Å². The van der Waals surface area contributed by atoms with Gasteiger partial charge in [-0.1, -0.05) is 20.8 Å². The Labute approximate surface area is 91.3 Å². The molecule has 0 saturated heterocycles. The number of nitrogens with zero attached hydrogens (tertiary/aromatic N) is 1. The van der Waals surface area contributed by atoms with Gasteiger partial charge in [-0.3, -0.25) is 9.59 Å². The fourth-order valence-electron chi connectivity index (χ4n) is 1.06. The number of amides is 1. The van der Waals surface area contributed by atoms with E-state index in [4.69, 9.17) is 5.11 Å². The third kappa shape index (κ3) is 6.10. The van der Waals surface area contributed by atoms with Crippen LogP contribution in [0, 0.1) is 11.8 Å². The second kappa shape index (κ2) is 6.43. The average molecular weight is 215 g/mol. The van der Waals surface area contributed by atoms with Crippen molar-refractivity contribution in [2.24, 2.45) is 11.8 Å².